The molecule has 0 spiro atoms. The molecule has 1 fully saturated rings. The van der Waals surface area contributed by atoms with Crippen molar-refractivity contribution in [2.45, 2.75) is 0 Å². The summed E-state index contributed by atoms with van der Waals surface area (Å²) in [5.41, 5.74) is 12.8. The fraction of sp³-hybridized carbons (Fsp3) is 0.143. The van der Waals surface area contributed by atoms with Gasteiger partial charge in [0.1, 0.15) is 22.6 Å². The van der Waals surface area contributed by atoms with Crippen molar-refractivity contribution in [2.24, 2.45) is 23.2 Å². The normalized spacial score (nSPS) is 13.8. The number of hydrazine groups is 2. The van der Waals surface area contributed by atoms with E-state index in [9.17, 15) is 24.6 Å². The van der Waals surface area contributed by atoms with Crippen molar-refractivity contribution in [1.82, 2.24) is 9.88 Å². The number of hydrogen-bond acceptors (Lipinski definition) is 13. The lowest BCUT2D eigenvalue weighted by Gasteiger charge is -2.27. The van der Waals surface area contributed by atoms with Gasteiger partial charge >= 0.3 is 11.9 Å². The zero-order chi connectivity index (χ0) is 32.1. The number of amides is 1. The van der Waals surface area contributed by atoms with Gasteiger partial charge in [-0.05, 0) is 36.4 Å². The maximum atomic E-state index is 13.4. The Kier molecular flexibility index (Phi) is 9.18. The summed E-state index contributed by atoms with van der Waals surface area (Å²) in [6.45, 7) is 1.46. The Morgan fingerprint density at radius 3 is 1.59 bits per heavy atom. The third-order valence-corrected chi connectivity index (χ3v) is 6.54. The number of carbonyl (C=O) groups excluding carboxylic acids is 1. The SMILES string of the molecule is N/C(=C\N(N)c1ccc(C(=O)O)c(O)c1)c1cc(C(=O)N2CCOCC2)cc(/C(N)=C/N(N)c2ccc(C(=O)O)c(O)c2)n1. The topological polar surface area (TPSA) is 268 Å². The summed E-state index contributed by atoms with van der Waals surface area (Å²) < 4.78 is 5.33. The number of nitrogens with two attached hydrogens (primary N) is 4. The summed E-state index contributed by atoms with van der Waals surface area (Å²) in [4.78, 5) is 41.9. The molecule has 16 nitrogen and oxygen atoms in total. The lowest BCUT2D eigenvalue weighted by molar-refractivity contribution is 0.0302. The molecule has 2 heterocycles. The minimum absolute atomic E-state index is 0.0150. The lowest BCUT2D eigenvalue weighted by Crippen LogP contribution is -2.40. The number of ether oxygens (including phenoxy) is 1. The number of carboxylic acid groups (broad SMARTS) is 2. The van der Waals surface area contributed by atoms with Gasteiger partial charge in [0.2, 0.25) is 0 Å². The highest BCUT2D eigenvalue weighted by molar-refractivity contribution is 5.96. The van der Waals surface area contributed by atoms with Crippen molar-refractivity contribution in [2.75, 3.05) is 36.3 Å². The second-order valence-electron chi connectivity index (χ2n) is 9.53. The fourth-order valence-electron chi connectivity index (χ4n) is 4.20. The van der Waals surface area contributed by atoms with Gasteiger partial charge in [0.15, 0.2) is 0 Å². The van der Waals surface area contributed by atoms with Crippen LogP contribution in [0.4, 0.5) is 11.4 Å². The summed E-state index contributed by atoms with van der Waals surface area (Å²) in [5.74, 6) is 8.21. The Balaban J connectivity index is 1.71. The van der Waals surface area contributed by atoms with Crippen LogP contribution < -0.4 is 33.2 Å². The number of carboxylic acids is 2. The summed E-state index contributed by atoms with van der Waals surface area (Å²) in [6.07, 6.45) is 2.51. The molecule has 0 aliphatic carbocycles. The number of aromatic nitrogens is 1. The van der Waals surface area contributed by atoms with Crippen molar-refractivity contribution < 1.29 is 39.5 Å². The zero-order valence-corrected chi connectivity index (χ0v) is 23.1. The number of rotatable bonds is 9. The first-order valence-corrected chi connectivity index (χ1v) is 12.9. The average molecular weight is 607 g/mol. The standard InChI is InChI=1S/C28H30N8O8/c29-20(13-35(31)16-1-3-18(27(40)41)24(37)11-16)22-9-15(26(39)34-5-7-44-8-6-34)10-23(33-22)21(30)14-36(32)17-2-4-19(28(42)43)25(38)12-17/h1-4,9-14,37-38H,5-8,29-32H2,(H,40,41)(H,42,43)/b20-13-,21-14-. The number of morpholine rings is 1. The molecule has 12 N–H and O–H groups in total. The van der Waals surface area contributed by atoms with Gasteiger partial charge in [-0.3, -0.25) is 14.8 Å². The van der Waals surface area contributed by atoms with Crippen LogP contribution in [0.3, 0.4) is 0 Å². The Hall–Kier alpha value is -5.84. The summed E-state index contributed by atoms with van der Waals surface area (Å²) in [7, 11) is 0. The van der Waals surface area contributed by atoms with Crippen LogP contribution in [0.2, 0.25) is 0 Å². The van der Waals surface area contributed by atoms with Gasteiger partial charge in [0, 0.05) is 43.2 Å². The van der Waals surface area contributed by atoms with E-state index in [4.69, 9.17) is 38.1 Å². The Morgan fingerprint density at radius 2 is 1.20 bits per heavy atom. The molecule has 1 aliphatic heterocycles. The van der Waals surface area contributed by atoms with E-state index >= 15 is 0 Å². The number of aromatic carboxylic acids is 2. The molecule has 230 valence electrons. The lowest BCUT2D eigenvalue weighted by atomic mass is 10.1. The maximum absolute atomic E-state index is 13.4. The highest BCUT2D eigenvalue weighted by Crippen LogP contribution is 2.26. The summed E-state index contributed by atoms with van der Waals surface area (Å²) in [5, 5.41) is 40.4. The van der Waals surface area contributed by atoms with Gasteiger partial charge in [-0.1, -0.05) is 0 Å². The predicted molar refractivity (Wildman–Crippen MR) is 159 cm³/mol. The molecular weight excluding hydrogens is 576 g/mol. The molecule has 0 bridgehead atoms. The first-order chi connectivity index (χ1) is 20.8. The number of aromatic hydroxyl groups is 2. The quantitative estimate of drug-likeness (QED) is 0.123. The van der Waals surface area contributed by atoms with Gasteiger partial charge in [-0.15, -0.1) is 0 Å². The molecule has 1 amide bonds. The van der Waals surface area contributed by atoms with E-state index in [0.717, 1.165) is 22.2 Å². The van der Waals surface area contributed by atoms with E-state index in [1.165, 1.54) is 48.8 Å². The zero-order valence-electron chi connectivity index (χ0n) is 23.1. The second-order valence-corrected chi connectivity index (χ2v) is 9.53. The van der Waals surface area contributed by atoms with Crippen LogP contribution in [-0.2, 0) is 4.74 Å². The molecule has 1 aromatic heterocycles. The largest absolute Gasteiger partial charge is 0.507 e. The number of carbonyl (C=O) groups is 3. The number of anilines is 2. The highest BCUT2D eigenvalue weighted by atomic mass is 16.5. The van der Waals surface area contributed by atoms with E-state index in [1.807, 2.05) is 0 Å². The third-order valence-electron chi connectivity index (χ3n) is 6.54. The van der Waals surface area contributed by atoms with Crippen LogP contribution in [0.5, 0.6) is 11.5 Å². The van der Waals surface area contributed by atoms with Crippen LogP contribution in [-0.4, -0.2) is 74.5 Å². The predicted octanol–water partition coefficient (Wildman–Crippen LogP) is 0.636. The van der Waals surface area contributed by atoms with Crippen molar-refractivity contribution in [3.63, 3.8) is 0 Å². The van der Waals surface area contributed by atoms with Crippen molar-refractivity contribution in [3.05, 3.63) is 89.0 Å². The van der Waals surface area contributed by atoms with E-state index in [2.05, 4.69) is 4.98 Å². The van der Waals surface area contributed by atoms with Gasteiger partial charge in [0.05, 0.1) is 47.4 Å². The van der Waals surface area contributed by atoms with E-state index in [0.29, 0.717) is 26.3 Å². The molecule has 3 aromatic rings. The molecule has 4 rings (SSSR count). The molecule has 2 aromatic carbocycles. The van der Waals surface area contributed by atoms with Crippen LogP contribution in [0, 0.1) is 0 Å². The van der Waals surface area contributed by atoms with Crippen molar-refractivity contribution in [3.8, 4) is 11.5 Å². The van der Waals surface area contributed by atoms with Crippen LogP contribution >= 0.6 is 0 Å². The molecule has 0 unspecified atom stereocenters. The van der Waals surface area contributed by atoms with E-state index in [-0.39, 0.29) is 56.8 Å². The summed E-state index contributed by atoms with van der Waals surface area (Å²) in [6, 6.07) is 10.2. The van der Waals surface area contributed by atoms with Crippen LogP contribution in [0.1, 0.15) is 42.5 Å². The first-order valence-electron chi connectivity index (χ1n) is 12.9. The number of phenols is 2. The van der Waals surface area contributed by atoms with Crippen LogP contribution in [0.15, 0.2) is 60.9 Å². The minimum atomic E-state index is -1.32. The van der Waals surface area contributed by atoms with Crippen molar-refractivity contribution >= 4 is 40.6 Å². The molecule has 16 heteroatoms. The van der Waals surface area contributed by atoms with E-state index < -0.39 is 23.4 Å². The number of pyridine rings is 1. The maximum Gasteiger partial charge on any atom is 0.339 e. The Labute approximate surface area is 250 Å². The minimum Gasteiger partial charge on any atom is -0.507 e. The molecule has 1 saturated heterocycles. The molecular formula is C28H30N8O8. The van der Waals surface area contributed by atoms with Crippen molar-refractivity contribution in [1.29, 1.82) is 0 Å². The fourth-order valence-corrected chi connectivity index (χ4v) is 4.20. The summed E-state index contributed by atoms with van der Waals surface area (Å²) >= 11 is 0. The molecule has 0 radical (unpaired) electrons. The van der Waals surface area contributed by atoms with Gasteiger partial charge < -0.3 is 41.5 Å². The van der Waals surface area contributed by atoms with Gasteiger partial charge in [-0.25, -0.2) is 26.3 Å². The van der Waals surface area contributed by atoms with Crippen LogP contribution in [0.25, 0.3) is 11.4 Å². The smallest absolute Gasteiger partial charge is 0.339 e. The van der Waals surface area contributed by atoms with E-state index in [1.54, 1.807) is 4.90 Å². The first kappa shape index (κ1) is 31.1. The number of benzene rings is 2. The molecule has 0 saturated carbocycles. The Morgan fingerprint density at radius 1 is 0.773 bits per heavy atom. The van der Waals surface area contributed by atoms with Gasteiger partial charge in [-0.2, -0.15) is 0 Å². The third kappa shape index (κ3) is 6.96. The molecule has 0 atom stereocenters. The average Bonchev–Trinajstić information content (AvgIpc) is 3.00. The number of hydrogen-bond donors (Lipinski definition) is 8. The molecule has 1 aliphatic rings. The van der Waals surface area contributed by atoms with Gasteiger partial charge in [0.25, 0.3) is 5.91 Å². The highest BCUT2D eigenvalue weighted by Gasteiger charge is 2.21. The Bertz CT molecular complexity index is 1570. The second kappa shape index (κ2) is 13.0. The molecule has 44 heavy (non-hydrogen) atoms. The monoisotopic (exact) mass is 606 g/mol. The number of nitrogens with zero attached hydrogens (tertiary/aromatic N) is 4.